The van der Waals surface area contributed by atoms with Gasteiger partial charge in [0.05, 0.1) is 12.6 Å². The summed E-state index contributed by atoms with van der Waals surface area (Å²) < 4.78 is 0. The molecule has 1 fully saturated rings. The number of carbonyl (C=O) groups is 1. The molecule has 5 heteroatoms. The van der Waals surface area contributed by atoms with Gasteiger partial charge in [-0.2, -0.15) is 0 Å². The smallest absolute Gasteiger partial charge is 0.234 e. The number of phenolic OH excluding ortho intramolecular Hbond substituents is 1. The highest BCUT2D eigenvalue weighted by molar-refractivity contribution is 5.78. The second-order valence-corrected chi connectivity index (χ2v) is 5.83. The van der Waals surface area contributed by atoms with Crippen molar-refractivity contribution in [2.24, 2.45) is 0 Å². The summed E-state index contributed by atoms with van der Waals surface area (Å²) in [6, 6.07) is 7.06. The molecular weight excluding hydrogens is 278 g/mol. The van der Waals surface area contributed by atoms with Gasteiger partial charge in [-0.3, -0.25) is 9.69 Å². The number of amides is 1. The Morgan fingerprint density at radius 1 is 1.14 bits per heavy atom. The topological polar surface area (TPSA) is 55.8 Å². The zero-order chi connectivity index (χ0) is 15.9. The van der Waals surface area contributed by atoms with E-state index in [1.807, 2.05) is 12.1 Å². The number of hydrogen-bond donors (Lipinski definition) is 2. The average molecular weight is 305 g/mol. The molecule has 1 amide bonds. The molecule has 0 aliphatic carbocycles. The molecular formula is C17H27N3O2. The lowest BCUT2D eigenvalue weighted by atomic mass is 10.0. The molecule has 0 radical (unpaired) electrons. The predicted octanol–water partition coefficient (Wildman–Crippen LogP) is 1.60. The van der Waals surface area contributed by atoms with Gasteiger partial charge in [-0.15, -0.1) is 0 Å². The summed E-state index contributed by atoms with van der Waals surface area (Å²) in [5.41, 5.74) is 1.03. The van der Waals surface area contributed by atoms with Crippen molar-refractivity contribution in [1.29, 1.82) is 0 Å². The van der Waals surface area contributed by atoms with E-state index in [0.29, 0.717) is 6.54 Å². The molecule has 1 saturated heterocycles. The first-order valence-electron chi connectivity index (χ1n) is 8.15. The third-order valence-corrected chi connectivity index (χ3v) is 4.32. The molecule has 1 heterocycles. The number of likely N-dealkylation sites (N-methyl/N-ethyl adjacent to an activating group) is 1. The van der Waals surface area contributed by atoms with Crippen molar-refractivity contribution >= 4 is 5.91 Å². The van der Waals surface area contributed by atoms with Crippen LogP contribution < -0.4 is 5.32 Å². The highest BCUT2D eigenvalue weighted by atomic mass is 16.3. The fourth-order valence-corrected chi connectivity index (χ4v) is 2.83. The zero-order valence-electron chi connectivity index (χ0n) is 13.6. The summed E-state index contributed by atoms with van der Waals surface area (Å²) in [6.07, 6.45) is 0.833. The lowest BCUT2D eigenvalue weighted by molar-refractivity contribution is -0.123. The molecule has 0 bridgehead atoms. The minimum absolute atomic E-state index is 0.00466. The third-order valence-electron chi connectivity index (χ3n) is 4.32. The Bertz CT molecular complexity index is 467. The van der Waals surface area contributed by atoms with Gasteiger partial charge in [0.2, 0.25) is 5.91 Å². The van der Waals surface area contributed by atoms with Gasteiger partial charge >= 0.3 is 0 Å². The molecule has 1 aromatic carbocycles. The van der Waals surface area contributed by atoms with Crippen LogP contribution in [0.25, 0.3) is 0 Å². The highest BCUT2D eigenvalue weighted by Crippen LogP contribution is 2.19. The molecule has 1 unspecified atom stereocenters. The van der Waals surface area contributed by atoms with Crippen molar-refractivity contribution in [2.75, 3.05) is 39.3 Å². The first-order chi connectivity index (χ1) is 10.6. The van der Waals surface area contributed by atoms with E-state index in [0.717, 1.165) is 44.7 Å². The SMILES string of the molecule is CCC(NC(=O)CN1CCN(CC)CC1)c1ccc(O)cc1. The Kier molecular flexibility index (Phi) is 6.21. The van der Waals surface area contributed by atoms with Gasteiger partial charge in [-0.05, 0) is 30.7 Å². The molecule has 1 aliphatic rings. The van der Waals surface area contributed by atoms with Crippen LogP contribution in [0.5, 0.6) is 5.75 Å². The van der Waals surface area contributed by atoms with Crippen LogP contribution in [0.1, 0.15) is 31.9 Å². The first kappa shape index (κ1) is 16.8. The molecule has 0 saturated carbocycles. The van der Waals surface area contributed by atoms with Crippen LogP contribution >= 0.6 is 0 Å². The summed E-state index contributed by atoms with van der Waals surface area (Å²) in [7, 11) is 0. The van der Waals surface area contributed by atoms with E-state index in [2.05, 4.69) is 29.0 Å². The maximum absolute atomic E-state index is 12.3. The molecule has 22 heavy (non-hydrogen) atoms. The standard InChI is InChI=1S/C17H27N3O2/c1-3-16(14-5-7-15(21)8-6-14)18-17(22)13-20-11-9-19(4-2)10-12-20/h5-8,16,21H,3-4,9-13H2,1-2H3,(H,18,22). The Morgan fingerprint density at radius 2 is 1.73 bits per heavy atom. The van der Waals surface area contributed by atoms with Gasteiger partial charge in [0, 0.05) is 26.2 Å². The van der Waals surface area contributed by atoms with E-state index in [1.165, 1.54) is 0 Å². The Hall–Kier alpha value is -1.59. The van der Waals surface area contributed by atoms with Crippen molar-refractivity contribution in [3.8, 4) is 5.75 Å². The second-order valence-electron chi connectivity index (χ2n) is 5.83. The minimum atomic E-state index is 0.00466. The van der Waals surface area contributed by atoms with Gasteiger partial charge in [0.1, 0.15) is 5.75 Å². The van der Waals surface area contributed by atoms with E-state index < -0.39 is 0 Å². The number of benzene rings is 1. The van der Waals surface area contributed by atoms with Gasteiger partial charge in [-0.25, -0.2) is 0 Å². The Morgan fingerprint density at radius 3 is 2.27 bits per heavy atom. The first-order valence-corrected chi connectivity index (χ1v) is 8.15. The van der Waals surface area contributed by atoms with Crippen LogP contribution in [0.4, 0.5) is 0 Å². The average Bonchev–Trinajstić information content (AvgIpc) is 2.54. The van der Waals surface area contributed by atoms with Crippen molar-refractivity contribution in [2.45, 2.75) is 26.3 Å². The van der Waals surface area contributed by atoms with Crippen molar-refractivity contribution in [3.63, 3.8) is 0 Å². The van der Waals surface area contributed by atoms with Crippen molar-refractivity contribution in [3.05, 3.63) is 29.8 Å². The van der Waals surface area contributed by atoms with Crippen LogP contribution in [-0.2, 0) is 4.79 Å². The fourth-order valence-electron chi connectivity index (χ4n) is 2.83. The van der Waals surface area contributed by atoms with Crippen LogP contribution in [-0.4, -0.2) is 60.1 Å². The molecule has 1 aromatic rings. The van der Waals surface area contributed by atoms with E-state index >= 15 is 0 Å². The molecule has 1 atom stereocenters. The lowest BCUT2D eigenvalue weighted by Gasteiger charge is -2.33. The van der Waals surface area contributed by atoms with E-state index in [9.17, 15) is 9.90 Å². The normalized spacial score (nSPS) is 18.1. The Labute approximate surface area is 132 Å². The second kappa shape index (κ2) is 8.15. The van der Waals surface area contributed by atoms with E-state index in [1.54, 1.807) is 12.1 Å². The number of nitrogens with zero attached hydrogens (tertiary/aromatic N) is 2. The van der Waals surface area contributed by atoms with Gasteiger partial charge < -0.3 is 15.3 Å². The van der Waals surface area contributed by atoms with Gasteiger partial charge in [0.15, 0.2) is 0 Å². The summed E-state index contributed by atoms with van der Waals surface area (Å²) in [4.78, 5) is 16.9. The molecule has 0 spiro atoms. The molecule has 0 aromatic heterocycles. The summed E-state index contributed by atoms with van der Waals surface area (Å²) in [5, 5.41) is 12.5. The third kappa shape index (κ3) is 4.71. The molecule has 1 aliphatic heterocycles. The summed E-state index contributed by atoms with van der Waals surface area (Å²) >= 11 is 0. The number of phenols is 1. The molecule has 5 nitrogen and oxygen atoms in total. The van der Waals surface area contributed by atoms with Crippen LogP contribution in [0.2, 0.25) is 0 Å². The number of rotatable bonds is 6. The molecule has 122 valence electrons. The number of piperazine rings is 1. The summed E-state index contributed by atoms with van der Waals surface area (Å²) in [6.45, 7) is 9.76. The number of carbonyl (C=O) groups excluding carboxylic acids is 1. The van der Waals surface area contributed by atoms with Crippen molar-refractivity contribution < 1.29 is 9.90 Å². The van der Waals surface area contributed by atoms with E-state index in [4.69, 9.17) is 0 Å². The minimum Gasteiger partial charge on any atom is -0.508 e. The van der Waals surface area contributed by atoms with Gasteiger partial charge in [0.25, 0.3) is 0 Å². The quantitative estimate of drug-likeness (QED) is 0.838. The van der Waals surface area contributed by atoms with Gasteiger partial charge in [-0.1, -0.05) is 26.0 Å². The monoisotopic (exact) mass is 305 g/mol. The predicted molar refractivity (Wildman–Crippen MR) is 87.8 cm³/mol. The fraction of sp³-hybridized carbons (Fsp3) is 0.588. The molecule has 2 N–H and O–H groups in total. The van der Waals surface area contributed by atoms with Crippen molar-refractivity contribution in [1.82, 2.24) is 15.1 Å². The number of hydrogen-bond acceptors (Lipinski definition) is 4. The maximum atomic E-state index is 12.3. The maximum Gasteiger partial charge on any atom is 0.234 e. The Balaban J connectivity index is 1.83. The van der Waals surface area contributed by atoms with E-state index in [-0.39, 0.29) is 17.7 Å². The number of nitrogens with one attached hydrogen (secondary N) is 1. The van der Waals surface area contributed by atoms with Crippen LogP contribution in [0.3, 0.4) is 0 Å². The largest absolute Gasteiger partial charge is 0.508 e. The zero-order valence-corrected chi connectivity index (χ0v) is 13.6. The highest BCUT2D eigenvalue weighted by Gasteiger charge is 2.19. The number of aromatic hydroxyl groups is 1. The van der Waals surface area contributed by atoms with Crippen LogP contribution in [0.15, 0.2) is 24.3 Å². The lowest BCUT2D eigenvalue weighted by Crippen LogP contribution is -2.49. The molecule has 2 rings (SSSR count). The summed E-state index contributed by atoms with van der Waals surface area (Å²) in [5.74, 6) is 0.323. The van der Waals surface area contributed by atoms with Crippen LogP contribution in [0, 0.1) is 0 Å².